The molecule has 22 heavy (non-hydrogen) atoms. The second kappa shape index (κ2) is 6.89. The van der Waals surface area contributed by atoms with E-state index in [4.69, 9.17) is 0 Å². The van der Waals surface area contributed by atoms with Crippen molar-refractivity contribution in [2.75, 3.05) is 32.0 Å². The first kappa shape index (κ1) is 17.1. The molecule has 0 bridgehead atoms. The van der Waals surface area contributed by atoms with Gasteiger partial charge in [-0.05, 0) is 19.8 Å². The summed E-state index contributed by atoms with van der Waals surface area (Å²) in [4.78, 5) is 8.74. The third-order valence-corrected chi connectivity index (χ3v) is 6.19. The third-order valence-electron chi connectivity index (χ3n) is 3.99. The number of aryl methyl sites for hydroxylation is 1. The summed E-state index contributed by atoms with van der Waals surface area (Å²) in [5.41, 5.74) is 0.769. The highest BCUT2D eigenvalue weighted by molar-refractivity contribution is 7.86. The van der Waals surface area contributed by atoms with Crippen LogP contribution < -0.4 is 5.32 Å². The fourth-order valence-electron chi connectivity index (χ4n) is 2.90. The Bertz CT molecular complexity index is 616. The Morgan fingerprint density at radius 3 is 2.64 bits per heavy atom. The molecule has 1 saturated heterocycles. The van der Waals surface area contributed by atoms with Crippen LogP contribution in [0.2, 0.25) is 0 Å². The molecule has 2 rings (SSSR count). The molecule has 1 fully saturated rings. The van der Waals surface area contributed by atoms with Crippen LogP contribution in [-0.4, -0.2) is 53.7 Å². The number of aromatic nitrogens is 2. The van der Waals surface area contributed by atoms with Crippen LogP contribution in [0.1, 0.15) is 44.2 Å². The first-order valence-electron chi connectivity index (χ1n) is 7.74. The first-order chi connectivity index (χ1) is 10.4. The molecule has 1 aliphatic rings. The molecular formula is C14H25N5O2S. The molecule has 1 aliphatic heterocycles. The van der Waals surface area contributed by atoms with Crippen LogP contribution in [0.3, 0.4) is 0 Å². The zero-order chi connectivity index (χ0) is 16.3. The highest BCUT2D eigenvalue weighted by Gasteiger charge is 2.38. The molecule has 1 aromatic heterocycles. The molecule has 0 radical (unpaired) electrons. The number of nitrogens with zero attached hydrogens (tertiary/aromatic N) is 4. The largest absolute Gasteiger partial charge is 0.373 e. The van der Waals surface area contributed by atoms with Crippen molar-refractivity contribution in [1.29, 1.82) is 0 Å². The zero-order valence-corrected chi connectivity index (χ0v) is 14.5. The van der Waals surface area contributed by atoms with Crippen LogP contribution >= 0.6 is 0 Å². The Kier molecular flexibility index (Phi) is 5.36. The van der Waals surface area contributed by atoms with Crippen LogP contribution in [0.15, 0.2) is 6.07 Å². The lowest BCUT2D eigenvalue weighted by molar-refractivity contribution is 0.334. The Balaban J connectivity index is 2.37. The molecule has 0 aromatic carbocycles. The quantitative estimate of drug-likeness (QED) is 0.857. The van der Waals surface area contributed by atoms with E-state index in [1.165, 1.54) is 4.31 Å². The summed E-state index contributed by atoms with van der Waals surface area (Å²) < 4.78 is 28.7. The molecule has 1 aromatic rings. The molecule has 7 nitrogen and oxygen atoms in total. The van der Waals surface area contributed by atoms with Gasteiger partial charge in [-0.3, -0.25) is 0 Å². The molecule has 1 N–H and O–H groups in total. The van der Waals surface area contributed by atoms with E-state index in [2.05, 4.69) is 15.3 Å². The van der Waals surface area contributed by atoms with E-state index in [1.807, 2.05) is 26.8 Å². The van der Waals surface area contributed by atoms with Gasteiger partial charge in [-0.15, -0.1) is 0 Å². The van der Waals surface area contributed by atoms with E-state index in [0.717, 1.165) is 24.4 Å². The van der Waals surface area contributed by atoms with Crippen molar-refractivity contribution in [3.05, 3.63) is 17.6 Å². The summed E-state index contributed by atoms with van der Waals surface area (Å²) in [7, 11) is -1.65. The molecule has 1 atom stereocenters. The molecule has 0 unspecified atom stereocenters. The summed E-state index contributed by atoms with van der Waals surface area (Å²) >= 11 is 0. The van der Waals surface area contributed by atoms with Gasteiger partial charge in [0.25, 0.3) is 10.2 Å². The van der Waals surface area contributed by atoms with Gasteiger partial charge in [-0.25, -0.2) is 9.97 Å². The molecule has 124 valence electrons. The monoisotopic (exact) mass is 327 g/mol. The number of anilines is 1. The predicted molar refractivity (Wildman–Crippen MR) is 86.8 cm³/mol. The number of hydrogen-bond donors (Lipinski definition) is 1. The average Bonchev–Trinajstić information content (AvgIpc) is 2.97. The van der Waals surface area contributed by atoms with Crippen molar-refractivity contribution in [1.82, 2.24) is 18.6 Å². The van der Waals surface area contributed by atoms with Crippen molar-refractivity contribution in [2.24, 2.45) is 0 Å². The molecule has 2 heterocycles. The average molecular weight is 327 g/mol. The van der Waals surface area contributed by atoms with Gasteiger partial charge in [0, 0.05) is 32.7 Å². The van der Waals surface area contributed by atoms with Gasteiger partial charge in [-0.1, -0.05) is 13.8 Å². The fraction of sp³-hybridized carbons (Fsp3) is 0.714. The van der Waals surface area contributed by atoms with Gasteiger partial charge in [0.15, 0.2) is 0 Å². The van der Waals surface area contributed by atoms with E-state index in [9.17, 15) is 8.42 Å². The van der Waals surface area contributed by atoms with Gasteiger partial charge in [0.1, 0.15) is 11.6 Å². The van der Waals surface area contributed by atoms with E-state index in [1.54, 1.807) is 11.4 Å². The van der Waals surface area contributed by atoms with E-state index < -0.39 is 10.2 Å². The van der Waals surface area contributed by atoms with Gasteiger partial charge >= 0.3 is 0 Å². The first-order valence-corrected chi connectivity index (χ1v) is 9.14. The Hall–Kier alpha value is -1.25. The molecular weight excluding hydrogens is 302 g/mol. The Morgan fingerprint density at radius 2 is 2.05 bits per heavy atom. The highest BCUT2D eigenvalue weighted by atomic mass is 32.2. The minimum Gasteiger partial charge on any atom is -0.373 e. The summed E-state index contributed by atoms with van der Waals surface area (Å²) in [6, 6.07) is 1.63. The molecule has 0 amide bonds. The van der Waals surface area contributed by atoms with Crippen molar-refractivity contribution in [2.45, 2.75) is 39.7 Å². The summed E-state index contributed by atoms with van der Waals surface area (Å²) in [5.74, 6) is 1.36. The lowest BCUT2D eigenvalue weighted by Gasteiger charge is -2.29. The third kappa shape index (κ3) is 3.23. The lowest BCUT2D eigenvalue weighted by Crippen LogP contribution is -2.43. The highest BCUT2D eigenvalue weighted by Crippen LogP contribution is 2.34. The van der Waals surface area contributed by atoms with E-state index in [-0.39, 0.29) is 6.04 Å². The maximum atomic E-state index is 12.8. The van der Waals surface area contributed by atoms with Crippen molar-refractivity contribution in [3.63, 3.8) is 0 Å². The number of nitrogens with one attached hydrogen (secondary N) is 1. The molecule has 0 aliphatic carbocycles. The van der Waals surface area contributed by atoms with E-state index in [0.29, 0.717) is 25.5 Å². The molecule has 0 saturated carbocycles. The van der Waals surface area contributed by atoms with Gasteiger partial charge in [0.05, 0.1) is 11.7 Å². The Morgan fingerprint density at radius 1 is 1.36 bits per heavy atom. The van der Waals surface area contributed by atoms with Gasteiger partial charge < -0.3 is 5.32 Å². The second-order valence-electron chi connectivity index (χ2n) is 5.34. The molecule has 8 heteroatoms. The summed E-state index contributed by atoms with van der Waals surface area (Å²) in [5, 5.41) is 3.00. The maximum Gasteiger partial charge on any atom is 0.282 e. The van der Waals surface area contributed by atoms with Gasteiger partial charge in [0.2, 0.25) is 0 Å². The van der Waals surface area contributed by atoms with Crippen LogP contribution in [-0.2, 0) is 10.2 Å². The zero-order valence-electron chi connectivity index (χ0n) is 13.7. The summed E-state index contributed by atoms with van der Waals surface area (Å²) in [6.45, 7) is 7.04. The molecule has 0 spiro atoms. The minimum absolute atomic E-state index is 0.209. The maximum absolute atomic E-state index is 12.8. The van der Waals surface area contributed by atoms with Crippen LogP contribution in [0.4, 0.5) is 5.82 Å². The van der Waals surface area contributed by atoms with Gasteiger partial charge in [-0.2, -0.15) is 17.0 Å². The van der Waals surface area contributed by atoms with Crippen molar-refractivity contribution in [3.8, 4) is 0 Å². The minimum atomic E-state index is -3.44. The van der Waals surface area contributed by atoms with Crippen LogP contribution in [0.25, 0.3) is 0 Å². The van der Waals surface area contributed by atoms with Crippen molar-refractivity contribution >= 4 is 16.0 Å². The normalized spacial score (nSPS) is 19.8. The topological polar surface area (TPSA) is 78.4 Å². The Labute approximate surface area is 132 Å². The van der Waals surface area contributed by atoms with Crippen LogP contribution in [0, 0.1) is 6.92 Å². The second-order valence-corrected chi connectivity index (χ2v) is 7.22. The predicted octanol–water partition coefficient (Wildman–Crippen LogP) is 1.55. The van der Waals surface area contributed by atoms with E-state index >= 15 is 0 Å². The fourth-order valence-corrected chi connectivity index (χ4v) is 4.74. The van der Waals surface area contributed by atoms with Crippen molar-refractivity contribution < 1.29 is 8.42 Å². The van der Waals surface area contributed by atoms with Crippen LogP contribution in [0.5, 0.6) is 0 Å². The smallest absolute Gasteiger partial charge is 0.282 e. The number of hydrogen-bond acceptors (Lipinski definition) is 5. The summed E-state index contributed by atoms with van der Waals surface area (Å²) in [6.07, 6.45) is 1.64. The number of rotatable bonds is 6. The lowest BCUT2D eigenvalue weighted by atomic mass is 10.1. The SMILES string of the molecule is CCN(CC)S(=O)(=O)N1CCC[C@@H]1c1cc(NC)nc(C)n1. The standard InChI is InChI=1S/C14H25N5O2S/c1-5-18(6-2)22(20,21)19-9-7-8-13(19)12-10-14(15-4)17-11(3)16-12/h10,13H,5-9H2,1-4H3,(H,15,16,17)/t13-/m1/s1.